The Morgan fingerprint density at radius 1 is 1.28 bits per heavy atom. The Bertz CT molecular complexity index is 1110. The predicted molar refractivity (Wildman–Crippen MR) is 108 cm³/mol. The Morgan fingerprint density at radius 2 is 2.17 bits per heavy atom. The van der Waals surface area contributed by atoms with E-state index < -0.39 is 0 Å². The van der Waals surface area contributed by atoms with Crippen LogP contribution >= 0.6 is 0 Å². The summed E-state index contributed by atoms with van der Waals surface area (Å²) < 4.78 is 22.0. The maximum Gasteiger partial charge on any atom is 0.171 e. The minimum atomic E-state index is -0.172. The Labute approximate surface area is 168 Å². The monoisotopic (exact) mass is 393 g/mol. The molecule has 0 saturated carbocycles. The molecular formula is C22H24FN5O. The second kappa shape index (κ2) is 7.22. The summed E-state index contributed by atoms with van der Waals surface area (Å²) in [6.07, 6.45) is 8.68. The third kappa shape index (κ3) is 3.29. The van der Waals surface area contributed by atoms with Crippen molar-refractivity contribution in [3.8, 4) is 5.75 Å². The van der Waals surface area contributed by atoms with Crippen LogP contribution in [0.1, 0.15) is 42.8 Å². The summed E-state index contributed by atoms with van der Waals surface area (Å²) in [6, 6.07) is 3.93. The van der Waals surface area contributed by atoms with Gasteiger partial charge in [0.1, 0.15) is 23.7 Å². The lowest BCUT2D eigenvalue weighted by molar-refractivity contribution is 0.356. The van der Waals surface area contributed by atoms with Crippen LogP contribution in [0.3, 0.4) is 0 Å². The highest BCUT2D eigenvalue weighted by Crippen LogP contribution is 2.31. The minimum absolute atomic E-state index is 0.172. The molecule has 6 nitrogen and oxygen atoms in total. The Morgan fingerprint density at radius 3 is 3.03 bits per heavy atom. The van der Waals surface area contributed by atoms with E-state index in [0.717, 1.165) is 46.8 Å². The van der Waals surface area contributed by atoms with Gasteiger partial charge in [0.2, 0.25) is 0 Å². The number of aryl methyl sites for hydroxylation is 1. The van der Waals surface area contributed by atoms with Crippen molar-refractivity contribution in [2.75, 3.05) is 6.61 Å². The number of hydrogen-bond donors (Lipinski definition) is 1. The van der Waals surface area contributed by atoms with Crippen molar-refractivity contribution < 1.29 is 9.13 Å². The lowest BCUT2D eigenvalue weighted by Gasteiger charge is -2.26. The molecule has 29 heavy (non-hydrogen) atoms. The molecule has 0 bridgehead atoms. The summed E-state index contributed by atoms with van der Waals surface area (Å²) in [5.74, 6) is 1.47. The van der Waals surface area contributed by atoms with Crippen molar-refractivity contribution in [3.05, 3.63) is 59.1 Å². The molecule has 150 valence electrons. The first kappa shape index (κ1) is 18.2. The number of fused-ring (bicyclic) bond motifs is 2. The molecule has 0 aliphatic carbocycles. The first-order valence-corrected chi connectivity index (χ1v) is 10.2. The SMILES string of the molecule is CC1C=C(c2cnc(CCc3c(F)ccc4c3CCO4)n3cnnc23)CC(C)N1. The van der Waals surface area contributed by atoms with Crippen molar-refractivity contribution in [2.24, 2.45) is 0 Å². The van der Waals surface area contributed by atoms with E-state index in [1.165, 1.54) is 11.6 Å². The van der Waals surface area contributed by atoms with E-state index in [1.807, 2.05) is 10.6 Å². The summed E-state index contributed by atoms with van der Waals surface area (Å²) in [4.78, 5) is 4.71. The van der Waals surface area contributed by atoms with Crippen LogP contribution in [0.4, 0.5) is 4.39 Å². The minimum Gasteiger partial charge on any atom is -0.493 e. The summed E-state index contributed by atoms with van der Waals surface area (Å²) >= 11 is 0. The van der Waals surface area contributed by atoms with Crippen LogP contribution in [-0.4, -0.2) is 38.3 Å². The molecule has 7 heteroatoms. The largest absolute Gasteiger partial charge is 0.493 e. The second-order valence-electron chi connectivity index (χ2n) is 7.97. The smallest absolute Gasteiger partial charge is 0.171 e. The fourth-order valence-corrected chi connectivity index (χ4v) is 4.56. The van der Waals surface area contributed by atoms with Gasteiger partial charge in [0.25, 0.3) is 0 Å². The molecule has 2 aliphatic rings. The summed E-state index contributed by atoms with van der Waals surface area (Å²) in [6.45, 7) is 4.95. The lowest BCUT2D eigenvalue weighted by Crippen LogP contribution is -2.36. The summed E-state index contributed by atoms with van der Waals surface area (Å²) in [7, 11) is 0. The highest BCUT2D eigenvalue weighted by Gasteiger charge is 2.22. The zero-order chi connectivity index (χ0) is 20.0. The van der Waals surface area contributed by atoms with Gasteiger partial charge in [0.05, 0.1) is 6.61 Å². The van der Waals surface area contributed by atoms with Crippen molar-refractivity contribution in [3.63, 3.8) is 0 Å². The standard InChI is InChI=1S/C22H24FN5O/c1-13-9-15(10-14(2)26-13)18-11-24-21(28-12-25-27-22(18)28)6-3-16-17-7-8-29-20(17)5-4-19(16)23/h4-5,9,11-14,26H,3,6-8,10H2,1-2H3. The number of benzene rings is 1. The molecule has 2 aromatic heterocycles. The van der Waals surface area contributed by atoms with Gasteiger partial charge in [-0.15, -0.1) is 10.2 Å². The first-order chi connectivity index (χ1) is 14.1. The molecular weight excluding hydrogens is 369 g/mol. The maximum absolute atomic E-state index is 14.5. The van der Waals surface area contributed by atoms with Gasteiger partial charge in [-0.05, 0) is 50.0 Å². The third-order valence-corrected chi connectivity index (χ3v) is 5.82. The van der Waals surface area contributed by atoms with Gasteiger partial charge in [0, 0.05) is 42.2 Å². The highest BCUT2D eigenvalue weighted by atomic mass is 19.1. The molecule has 0 spiro atoms. The van der Waals surface area contributed by atoms with Gasteiger partial charge in [0.15, 0.2) is 5.65 Å². The molecule has 2 unspecified atom stereocenters. The molecule has 0 radical (unpaired) electrons. The molecule has 1 aromatic carbocycles. The van der Waals surface area contributed by atoms with Crippen LogP contribution in [0.5, 0.6) is 5.75 Å². The second-order valence-corrected chi connectivity index (χ2v) is 7.97. The Kier molecular flexibility index (Phi) is 4.54. The van der Waals surface area contributed by atoms with Crippen LogP contribution in [0.25, 0.3) is 11.2 Å². The van der Waals surface area contributed by atoms with E-state index in [-0.39, 0.29) is 5.82 Å². The number of halogens is 1. The van der Waals surface area contributed by atoms with Gasteiger partial charge in [-0.1, -0.05) is 6.08 Å². The molecule has 1 N–H and O–H groups in total. The predicted octanol–water partition coefficient (Wildman–Crippen LogP) is 3.14. The van der Waals surface area contributed by atoms with Crippen molar-refractivity contribution in [1.29, 1.82) is 0 Å². The zero-order valence-corrected chi connectivity index (χ0v) is 16.7. The summed E-state index contributed by atoms with van der Waals surface area (Å²) in [5, 5.41) is 12.0. The third-order valence-electron chi connectivity index (χ3n) is 5.82. The maximum atomic E-state index is 14.5. The van der Waals surface area contributed by atoms with Crippen molar-refractivity contribution in [1.82, 2.24) is 24.9 Å². The number of ether oxygens (including phenoxy) is 1. The van der Waals surface area contributed by atoms with E-state index in [9.17, 15) is 4.39 Å². The van der Waals surface area contributed by atoms with Crippen LogP contribution in [-0.2, 0) is 19.3 Å². The molecule has 2 atom stereocenters. The van der Waals surface area contributed by atoms with E-state index >= 15 is 0 Å². The number of aromatic nitrogens is 4. The molecule has 0 saturated heterocycles. The van der Waals surface area contributed by atoms with Gasteiger partial charge in [-0.2, -0.15) is 0 Å². The van der Waals surface area contributed by atoms with Gasteiger partial charge < -0.3 is 10.1 Å². The van der Waals surface area contributed by atoms with Gasteiger partial charge in [-0.25, -0.2) is 9.37 Å². The Hall–Kier alpha value is -2.80. The van der Waals surface area contributed by atoms with Crippen LogP contribution in [0.15, 0.2) is 30.7 Å². The van der Waals surface area contributed by atoms with E-state index in [4.69, 9.17) is 9.72 Å². The Balaban J connectivity index is 1.46. The average Bonchev–Trinajstić information content (AvgIpc) is 3.36. The van der Waals surface area contributed by atoms with E-state index in [2.05, 4.69) is 35.4 Å². The number of hydrogen-bond acceptors (Lipinski definition) is 5. The van der Waals surface area contributed by atoms with E-state index in [0.29, 0.717) is 31.5 Å². The average molecular weight is 393 g/mol. The van der Waals surface area contributed by atoms with E-state index in [1.54, 1.807) is 12.4 Å². The number of nitrogens with one attached hydrogen (secondary N) is 1. The number of nitrogens with zero attached hydrogens (tertiary/aromatic N) is 4. The van der Waals surface area contributed by atoms with Crippen LogP contribution in [0, 0.1) is 5.82 Å². The highest BCUT2D eigenvalue weighted by molar-refractivity contribution is 5.76. The number of rotatable bonds is 4. The first-order valence-electron chi connectivity index (χ1n) is 10.2. The van der Waals surface area contributed by atoms with Crippen molar-refractivity contribution in [2.45, 2.75) is 51.6 Å². The van der Waals surface area contributed by atoms with Crippen molar-refractivity contribution >= 4 is 11.2 Å². The molecule has 2 aliphatic heterocycles. The fraction of sp³-hybridized carbons (Fsp3) is 0.409. The molecule has 0 fully saturated rings. The zero-order valence-electron chi connectivity index (χ0n) is 16.7. The van der Waals surface area contributed by atoms with Crippen LogP contribution < -0.4 is 10.1 Å². The van der Waals surface area contributed by atoms with Gasteiger partial charge in [-0.3, -0.25) is 4.40 Å². The molecule has 5 rings (SSSR count). The lowest BCUT2D eigenvalue weighted by atomic mass is 9.95. The van der Waals surface area contributed by atoms with Crippen LogP contribution in [0.2, 0.25) is 0 Å². The fourth-order valence-electron chi connectivity index (χ4n) is 4.56. The molecule has 3 aromatic rings. The molecule has 0 amide bonds. The van der Waals surface area contributed by atoms with Gasteiger partial charge >= 0.3 is 0 Å². The topological polar surface area (TPSA) is 64.3 Å². The summed E-state index contributed by atoms with van der Waals surface area (Å²) in [5.41, 5.74) is 4.79. The normalized spacial score (nSPS) is 21.1. The molecule has 4 heterocycles. The quantitative estimate of drug-likeness (QED) is 0.738.